The number of amides is 2. The first-order valence-electron chi connectivity index (χ1n) is 19.5. The molecule has 3 heterocycles. The minimum Gasteiger partial charge on any atom is -0.368 e. The third kappa shape index (κ3) is 10.5. The molecule has 5 aromatic rings. The number of rotatable bonds is 12. The molecule has 0 bridgehead atoms. The van der Waals surface area contributed by atoms with E-state index in [9.17, 15) is 22.8 Å². The molecule has 1 aromatic heterocycles. The molecule has 11 heteroatoms. The quantitative estimate of drug-likeness (QED) is 0.134. The molecule has 1 atom stereocenters. The van der Waals surface area contributed by atoms with Crippen LogP contribution in [0.3, 0.4) is 0 Å². The van der Waals surface area contributed by atoms with Gasteiger partial charge in [-0.2, -0.15) is 13.2 Å². The Bertz CT molecular complexity index is 2080. The number of benzene rings is 4. The summed E-state index contributed by atoms with van der Waals surface area (Å²) in [5.41, 5.74) is 3.87. The molecule has 8 nitrogen and oxygen atoms in total. The van der Waals surface area contributed by atoms with E-state index in [2.05, 4.69) is 49.3 Å². The van der Waals surface area contributed by atoms with Crippen molar-refractivity contribution in [2.75, 3.05) is 62.2 Å². The van der Waals surface area contributed by atoms with Gasteiger partial charge in [0.15, 0.2) is 0 Å². The first-order chi connectivity index (χ1) is 27.7. The zero-order chi connectivity index (χ0) is 39.6. The van der Waals surface area contributed by atoms with Gasteiger partial charge >= 0.3 is 6.18 Å². The largest absolute Gasteiger partial charge is 0.416 e. The molecule has 0 radical (unpaired) electrons. The lowest BCUT2D eigenvalue weighted by atomic mass is 9.88. The summed E-state index contributed by atoms with van der Waals surface area (Å²) in [5.74, 6) is -0.521. The Hall–Kier alpha value is -5.94. The van der Waals surface area contributed by atoms with Gasteiger partial charge in [-0.1, -0.05) is 91.0 Å². The van der Waals surface area contributed by atoms with Gasteiger partial charge in [-0.05, 0) is 71.1 Å². The molecule has 2 fully saturated rings. The lowest BCUT2D eigenvalue weighted by Crippen LogP contribution is -2.51. The second-order valence-corrected chi connectivity index (χ2v) is 14.6. The highest BCUT2D eigenvalue weighted by atomic mass is 19.4. The van der Waals surface area contributed by atoms with E-state index in [1.54, 1.807) is 6.08 Å². The van der Waals surface area contributed by atoms with Gasteiger partial charge in [0.1, 0.15) is 5.82 Å². The van der Waals surface area contributed by atoms with Crippen molar-refractivity contribution in [3.63, 3.8) is 0 Å². The van der Waals surface area contributed by atoms with Gasteiger partial charge in [-0.15, -0.1) is 0 Å². The van der Waals surface area contributed by atoms with Crippen molar-refractivity contribution < 1.29 is 22.8 Å². The number of hydrogen-bond acceptors (Lipinski definition) is 6. The average Bonchev–Trinajstić information content (AvgIpc) is 3.25. The van der Waals surface area contributed by atoms with Crippen LogP contribution >= 0.6 is 0 Å². The third-order valence-electron chi connectivity index (χ3n) is 10.7. The number of carbonyl (C=O) groups is 2. The number of carbonyl (C=O) groups excluding carboxylic acids is 2. The number of piperazine rings is 2. The fourth-order valence-electron chi connectivity index (χ4n) is 7.48. The van der Waals surface area contributed by atoms with Crippen LogP contribution in [0.25, 0.3) is 6.08 Å². The van der Waals surface area contributed by atoms with Crippen molar-refractivity contribution in [3.8, 4) is 0 Å². The Balaban J connectivity index is 1.08. The zero-order valence-corrected chi connectivity index (χ0v) is 31.8. The van der Waals surface area contributed by atoms with Gasteiger partial charge in [0.05, 0.1) is 11.5 Å². The second-order valence-electron chi connectivity index (χ2n) is 14.6. The summed E-state index contributed by atoms with van der Waals surface area (Å²) in [7, 11) is 0. The van der Waals surface area contributed by atoms with Crippen LogP contribution in [0.1, 0.15) is 27.8 Å². The average molecular weight is 773 g/mol. The first-order valence-corrected chi connectivity index (χ1v) is 19.5. The van der Waals surface area contributed by atoms with Gasteiger partial charge in [0, 0.05) is 82.9 Å². The van der Waals surface area contributed by atoms with Crippen LogP contribution in [0.15, 0.2) is 139 Å². The van der Waals surface area contributed by atoms with Crippen LogP contribution in [0.5, 0.6) is 0 Å². The molecule has 2 amide bonds. The van der Waals surface area contributed by atoms with Gasteiger partial charge < -0.3 is 20.0 Å². The molecule has 294 valence electrons. The number of halogens is 3. The van der Waals surface area contributed by atoms with E-state index in [4.69, 9.17) is 0 Å². The molecule has 0 saturated carbocycles. The van der Waals surface area contributed by atoms with Crippen LogP contribution in [0, 0.1) is 5.92 Å². The normalized spacial score (nSPS) is 16.0. The number of anilines is 2. The molecule has 0 unspecified atom stereocenters. The molecule has 2 aliphatic heterocycles. The van der Waals surface area contributed by atoms with E-state index in [1.807, 2.05) is 90.0 Å². The third-order valence-corrected chi connectivity index (χ3v) is 10.7. The SMILES string of the molecule is O=C(NCc1ccc(N2CCN(c3ccccn3)CC2)cc1)C(=Cc1ccc(C(F)(F)F)cc1)[C@H](Cc1ccccc1)C(=O)N1CCN(Cc2ccccc2)CC1. The second kappa shape index (κ2) is 18.3. The Morgan fingerprint density at radius 2 is 1.28 bits per heavy atom. The van der Waals surface area contributed by atoms with E-state index in [1.165, 1.54) is 17.7 Å². The standard InChI is InChI=1S/C46H47F3N6O2/c47-46(48,49)39-18-14-36(15-19-39)31-41(44(56)51-33-37-16-20-40(21-17-37)53-27-29-54(30-28-53)43-13-7-8-22-50-43)42(32-35-9-3-1-4-10-35)45(57)55-25-23-52(24-26-55)34-38-11-5-2-6-12-38/h1-22,31,42H,23-30,32-34H2,(H,51,56)/t42-/m0/s1. The molecule has 0 spiro atoms. The fraction of sp³-hybridized carbons (Fsp3) is 0.283. The molecule has 0 aliphatic carbocycles. The van der Waals surface area contributed by atoms with E-state index < -0.39 is 23.6 Å². The molecular formula is C46H47F3N6O2. The number of hydrogen-bond donors (Lipinski definition) is 1. The van der Waals surface area contributed by atoms with Crippen molar-refractivity contribution in [2.24, 2.45) is 5.92 Å². The summed E-state index contributed by atoms with van der Waals surface area (Å²) in [4.78, 5) is 42.1. The Kier molecular flexibility index (Phi) is 12.6. The maximum absolute atomic E-state index is 14.6. The minimum atomic E-state index is -4.50. The first kappa shape index (κ1) is 39.3. The summed E-state index contributed by atoms with van der Waals surface area (Å²) in [6, 6.07) is 38.4. The molecule has 1 N–H and O–H groups in total. The summed E-state index contributed by atoms with van der Waals surface area (Å²) in [5, 5.41) is 3.04. The summed E-state index contributed by atoms with van der Waals surface area (Å²) < 4.78 is 40.4. The van der Waals surface area contributed by atoms with Crippen LogP contribution in [0.2, 0.25) is 0 Å². The topological polar surface area (TPSA) is 72.0 Å². The predicted octanol–water partition coefficient (Wildman–Crippen LogP) is 7.33. The molecule has 2 saturated heterocycles. The Morgan fingerprint density at radius 1 is 0.667 bits per heavy atom. The maximum Gasteiger partial charge on any atom is 0.416 e. The predicted molar refractivity (Wildman–Crippen MR) is 218 cm³/mol. The van der Waals surface area contributed by atoms with Crippen molar-refractivity contribution in [1.82, 2.24) is 20.1 Å². The molecule has 7 rings (SSSR count). The molecule has 2 aliphatic rings. The van der Waals surface area contributed by atoms with Gasteiger partial charge in [-0.3, -0.25) is 14.5 Å². The fourth-order valence-corrected chi connectivity index (χ4v) is 7.48. The van der Waals surface area contributed by atoms with E-state index in [-0.39, 0.29) is 24.4 Å². The van der Waals surface area contributed by atoms with E-state index >= 15 is 0 Å². The van der Waals surface area contributed by atoms with Crippen molar-refractivity contribution in [2.45, 2.75) is 25.7 Å². The van der Waals surface area contributed by atoms with Crippen molar-refractivity contribution in [1.29, 1.82) is 0 Å². The summed E-state index contributed by atoms with van der Waals surface area (Å²) >= 11 is 0. The molecule has 57 heavy (non-hydrogen) atoms. The number of nitrogens with zero attached hydrogens (tertiary/aromatic N) is 5. The van der Waals surface area contributed by atoms with Crippen LogP contribution in [0.4, 0.5) is 24.7 Å². The summed E-state index contributed by atoms with van der Waals surface area (Å²) in [6.45, 7) is 6.76. The van der Waals surface area contributed by atoms with Crippen molar-refractivity contribution >= 4 is 29.4 Å². The van der Waals surface area contributed by atoms with E-state index in [0.717, 1.165) is 67.5 Å². The summed E-state index contributed by atoms with van der Waals surface area (Å²) in [6.07, 6.45) is -0.865. The van der Waals surface area contributed by atoms with E-state index in [0.29, 0.717) is 31.7 Å². The highest BCUT2D eigenvalue weighted by Gasteiger charge is 2.34. The highest BCUT2D eigenvalue weighted by molar-refractivity contribution is 6.04. The van der Waals surface area contributed by atoms with Gasteiger partial charge in [-0.25, -0.2) is 4.98 Å². The zero-order valence-electron chi connectivity index (χ0n) is 31.8. The number of aromatic nitrogens is 1. The van der Waals surface area contributed by atoms with Gasteiger partial charge in [0.25, 0.3) is 0 Å². The van der Waals surface area contributed by atoms with Crippen LogP contribution in [-0.4, -0.2) is 79.0 Å². The molecular weight excluding hydrogens is 726 g/mol. The van der Waals surface area contributed by atoms with Crippen LogP contribution in [-0.2, 0) is 35.3 Å². The number of nitrogens with one attached hydrogen (secondary N) is 1. The lowest BCUT2D eigenvalue weighted by molar-refractivity contribution is -0.138. The Morgan fingerprint density at radius 3 is 1.89 bits per heavy atom. The Labute approximate surface area is 332 Å². The smallest absolute Gasteiger partial charge is 0.368 e. The number of alkyl halides is 3. The minimum absolute atomic E-state index is 0.181. The highest BCUT2D eigenvalue weighted by Crippen LogP contribution is 2.30. The lowest BCUT2D eigenvalue weighted by Gasteiger charge is -2.37. The molecule has 4 aromatic carbocycles. The van der Waals surface area contributed by atoms with Gasteiger partial charge in [0.2, 0.25) is 11.8 Å². The van der Waals surface area contributed by atoms with Crippen molar-refractivity contribution in [3.05, 3.63) is 167 Å². The maximum atomic E-state index is 14.6. The number of pyridine rings is 1. The monoisotopic (exact) mass is 772 g/mol. The van der Waals surface area contributed by atoms with Crippen LogP contribution < -0.4 is 15.1 Å².